The van der Waals surface area contributed by atoms with Gasteiger partial charge in [-0.3, -0.25) is 14.5 Å². The van der Waals surface area contributed by atoms with Crippen LogP contribution in [0.4, 0.5) is 30.2 Å². The molecule has 0 radical (unpaired) electrons. The van der Waals surface area contributed by atoms with Crippen LogP contribution in [-0.2, 0) is 13.2 Å². The molecule has 12 heteroatoms. The molecule has 1 amide bonds. The third-order valence-electron chi connectivity index (χ3n) is 7.23. The van der Waals surface area contributed by atoms with Gasteiger partial charge in [-0.1, -0.05) is 19.9 Å². The Kier molecular flexibility index (Phi) is 10.6. The van der Waals surface area contributed by atoms with Crippen LogP contribution in [-0.4, -0.2) is 53.8 Å². The number of nitrogens with one attached hydrogen (secondary N) is 1. The van der Waals surface area contributed by atoms with Crippen LogP contribution < -0.4 is 26.8 Å². The van der Waals surface area contributed by atoms with E-state index in [0.717, 1.165) is 36.8 Å². The number of nitrogens with zero attached hydrogens (tertiary/aromatic N) is 5. The molecule has 1 aliphatic rings. The average Bonchev–Trinajstić information content (AvgIpc) is 3.13. The highest BCUT2D eigenvalue weighted by Gasteiger charge is 2.35. The lowest BCUT2D eigenvalue weighted by atomic mass is 10.0. The number of hydrogen-bond acceptors (Lipinski definition) is 7. The van der Waals surface area contributed by atoms with Crippen molar-refractivity contribution in [3.8, 4) is 0 Å². The molecule has 0 saturated carbocycles. The minimum absolute atomic E-state index is 0.0725. The van der Waals surface area contributed by atoms with Crippen LogP contribution >= 0.6 is 0 Å². The number of alkyl halides is 3. The highest BCUT2D eigenvalue weighted by Crippen LogP contribution is 2.37. The maximum atomic E-state index is 14.0. The lowest BCUT2D eigenvalue weighted by Crippen LogP contribution is -2.30. The molecule has 1 fully saturated rings. The van der Waals surface area contributed by atoms with Gasteiger partial charge in [0.15, 0.2) is 0 Å². The minimum Gasteiger partial charge on any atom is -0.397 e. The third-order valence-corrected chi connectivity index (χ3v) is 7.23. The smallest absolute Gasteiger partial charge is 0.397 e. The summed E-state index contributed by atoms with van der Waals surface area (Å²) in [4.78, 5) is 17.3. The van der Waals surface area contributed by atoms with Gasteiger partial charge >= 0.3 is 6.18 Å². The van der Waals surface area contributed by atoms with E-state index in [1.807, 2.05) is 32.7 Å². The van der Waals surface area contributed by atoms with Crippen LogP contribution in [0.25, 0.3) is 5.70 Å². The monoisotopic (exact) mass is 586 g/mol. The van der Waals surface area contributed by atoms with E-state index in [1.54, 1.807) is 48.3 Å². The highest BCUT2D eigenvalue weighted by molar-refractivity contribution is 6.05. The topological polar surface area (TPSA) is 109 Å². The first-order chi connectivity index (χ1) is 19.8. The Morgan fingerprint density at radius 2 is 1.79 bits per heavy atom. The molecule has 0 bridgehead atoms. The Labute approximate surface area is 245 Å². The van der Waals surface area contributed by atoms with Gasteiger partial charge in [0.25, 0.3) is 5.91 Å². The quantitative estimate of drug-likeness (QED) is 0.272. The second-order valence-corrected chi connectivity index (χ2v) is 10.1. The van der Waals surface area contributed by atoms with E-state index >= 15 is 0 Å². The average molecular weight is 587 g/mol. The summed E-state index contributed by atoms with van der Waals surface area (Å²) in [6, 6.07) is 9.11. The highest BCUT2D eigenvalue weighted by atomic mass is 19.4. The van der Waals surface area contributed by atoms with Crippen molar-refractivity contribution in [3.63, 3.8) is 0 Å². The molecular weight excluding hydrogens is 545 g/mol. The normalized spacial score (nSPS) is 14.6. The fourth-order valence-corrected chi connectivity index (χ4v) is 4.76. The van der Waals surface area contributed by atoms with Crippen molar-refractivity contribution >= 4 is 28.7 Å². The van der Waals surface area contributed by atoms with Gasteiger partial charge in [-0.05, 0) is 69.8 Å². The minimum atomic E-state index is -4.60. The molecule has 0 atom stereocenters. The molecule has 0 unspecified atom stereocenters. The first kappa shape index (κ1) is 32.5. The number of aromatic nitrogens is 2. The van der Waals surface area contributed by atoms with E-state index in [4.69, 9.17) is 11.6 Å². The van der Waals surface area contributed by atoms with Gasteiger partial charge in [0, 0.05) is 61.1 Å². The molecule has 1 aliphatic heterocycles. The fourth-order valence-electron chi connectivity index (χ4n) is 4.76. The van der Waals surface area contributed by atoms with Gasteiger partial charge in [0.2, 0.25) is 0 Å². The molecule has 2 heterocycles. The van der Waals surface area contributed by atoms with E-state index in [2.05, 4.69) is 15.3 Å². The number of likely N-dealkylation sites (N-methyl/N-ethyl adjacent to an activating group) is 1. The van der Waals surface area contributed by atoms with Gasteiger partial charge in [-0.15, -0.1) is 0 Å². The Bertz CT molecular complexity index is 1420. The van der Waals surface area contributed by atoms with Gasteiger partial charge in [-0.25, -0.2) is 5.84 Å². The second-order valence-electron chi connectivity index (χ2n) is 10.1. The third kappa shape index (κ3) is 7.62. The van der Waals surface area contributed by atoms with Crippen molar-refractivity contribution in [2.45, 2.75) is 40.3 Å². The molecule has 9 nitrogen and oxygen atoms in total. The maximum Gasteiger partial charge on any atom is 0.416 e. The van der Waals surface area contributed by atoms with Crippen LogP contribution in [0.2, 0.25) is 0 Å². The Hall–Kier alpha value is -4.03. The zero-order chi connectivity index (χ0) is 31.2. The number of anilines is 3. The van der Waals surface area contributed by atoms with Crippen LogP contribution in [0.15, 0.2) is 48.8 Å². The summed E-state index contributed by atoms with van der Waals surface area (Å²) in [5.41, 5.74) is 8.73. The van der Waals surface area contributed by atoms with Crippen molar-refractivity contribution in [3.05, 3.63) is 76.7 Å². The molecule has 42 heavy (non-hydrogen) atoms. The number of carbonyl (C=O) groups is 1. The van der Waals surface area contributed by atoms with Crippen LogP contribution in [0.1, 0.15) is 53.0 Å². The van der Waals surface area contributed by atoms with E-state index < -0.39 is 17.6 Å². The van der Waals surface area contributed by atoms with Crippen LogP contribution in [0.5, 0.6) is 0 Å². The Morgan fingerprint density at radius 3 is 2.43 bits per heavy atom. The fraction of sp³-hybridized carbons (Fsp3) is 0.400. The first-order valence-corrected chi connectivity index (χ1v) is 13.9. The molecule has 228 valence electrons. The summed E-state index contributed by atoms with van der Waals surface area (Å²) < 4.78 is 43.7. The number of aryl methyl sites for hydroxylation is 1. The van der Waals surface area contributed by atoms with E-state index in [9.17, 15) is 18.0 Å². The number of halogens is 3. The number of hydrazine groups is 1. The summed E-state index contributed by atoms with van der Waals surface area (Å²) in [7, 11) is 3.79. The van der Waals surface area contributed by atoms with Gasteiger partial charge in [0.05, 0.1) is 23.1 Å². The number of carbonyl (C=O) groups excluding carboxylic acids is 1. The number of rotatable bonds is 6. The molecule has 3 aromatic rings. The first-order valence-electron chi connectivity index (χ1n) is 13.9. The van der Waals surface area contributed by atoms with Crippen molar-refractivity contribution in [2.75, 3.05) is 48.5 Å². The molecule has 4 rings (SSSR count). The van der Waals surface area contributed by atoms with Crippen molar-refractivity contribution < 1.29 is 18.0 Å². The Balaban J connectivity index is 0.00000237. The predicted octanol–water partition coefficient (Wildman–Crippen LogP) is 5.11. The standard InChI is InChI=1S/C28H35F3N8O.C2H6/c1-18-24(28(29,30)31)13-20(14-26(18)38-10-6-9-36(3)11-12-38)27(40)35-21-7-5-8-22(15-21)39(33)17-25(32)23-16-34-37(4)19(23)2;1-2/h5,7-8,13-17H,6,9-12,32-33H2,1-4H3,(H,35,40);1-2H3/b25-17-;. The molecule has 5 N–H and O–H groups in total. The van der Waals surface area contributed by atoms with Gasteiger partial charge < -0.3 is 20.9 Å². The number of amides is 1. The number of benzene rings is 2. The number of hydrogen-bond donors (Lipinski definition) is 3. The molecule has 2 aromatic carbocycles. The van der Waals surface area contributed by atoms with E-state index in [-0.39, 0.29) is 11.1 Å². The zero-order valence-corrected chi connectivity index (χ0v) is 25.1. The summed E-state index contributed by atoms with van der Waals surface area (Å²) in [6.45, 7) is 10.1. The zero-order valence-electron chi connectivity index (χ0n) is 25.1. The van der Waals surface area contributed by atoms with Gasteiger partial charge in [0.1, 0.15) is 0 Å². The van der Waals surface area contributed by atoms with Crippen LogP contribution in [0.3, 0.4) is 0 Å². The molecule has 1 saturated heterocycles. The lowest BCUT2D eigenvalue weighted by Gasteiger charge is -2.27. The Morgan fingerprint density at radius 1 is 1.07 bits per heavy atom. The maximum absolute atomic E-state index is 14.0. The largest absolute Gasteiger partial charge is 0.416 e. The van der Waals surface area contributed by atoms with Crippen molar-refractivity contribution in [2.24, 2.45) is 18.6 Å². The summed E-state index contributed by atoms with van der Waals surface area (Å²) >= 11 is 0. The van der Waals surface area contributed by atoms with E-state index in [0.29, 0.717) is 35.8 Å². The van der Waals surface area contributed by atoms with Crippen LogP contribution in [0, 0.1) is 13.8 Å². The summed E-state index contributed by atoms with van der Waals surface area (Å²) in [5.74, 6) is 5.56. The van der Waals surface area contributed by atoms with E-state index in [1.165, 1.54) is 18.1 Å². The number of nitrogens with two attached hydrogens (primary N) is 2. The second kappa shape index (κ2) is 13.8. The van der Waals surface area contributed by atoms with Crippen molar-refractivity contribution in [1.82, 2.24) is 14.7 Å². The predicted molar refractivity (Wildman–Crippen MR) is 163 cm³/mol. The summed E-state index contributed by atoms with van der Waals surface area (Å²) in [6.07, 6.45) is -0.613. The molecule has 0 spiro atoms. The van der Waals surface area contributed by atoms with Gasteiger partial charge in [-0.2, -0.15) is 18.3 Å². The summed E-state index contributed by atoms with van der Waals surface area (Å²) in [5, 5.41) is 8.20. The van der Waals surface area contributed by atoms with Crippen molar-refractivity contribution in [1.29, 1.82) is 0 Å². The SMILES string of the molecule is CC.Cc1c(N2CCCN(C)CC2)cc(C(=O)Nc2cccc(N(N)/C=C(\N)c3cnn(C)c3C)c2)cc1C(F)(F)F. The molecular formula is C30H41F3N8O. The molecule has 0 aliphatic carbocycles. The lowest BCUT2D eigenvalue weighted by molar-refractivity contribution is -0.138. The molecule has 1 aromatic heterocycles.